The van der Waals surface area contributed by atoms with E-state index in [2.05, 4.69) is 9.35 Å². The monoisotopic (exact) mass is 188 g/mol. The van der Waals surface area contributed by atoms with Gasteiger partial charge in [0.25, 0.3) is 0 Å². The molecule has 1 saturated heterocycles. The molecule has 5 heteroatoms. The SMILES string of the molecule is O=S1(=Nc2cncs2)CCC1. The zero-order valence-electron chi connectivity index (χ0n) is 5.90. The molecule has 0 N–H and O–H groups in total. The zero-order chi connectivity index (χ0) is 7.73. The second-order valence-electron chi connectivity index (χ2n) is 2.47. The van der Waals surface area contributed by atoms with Crippen molar-refractivity contribution < 1.29 is 4.21 Å². The van der Waals surface area contributed by atoms with Gasteiger partial charge in [-0.15, -0.1) is 11.3 Å². The quantitative estimate of drug-likeness (QED) is 0.672. The second-order valence-corrected chi connectivity index (χ2v) is 5.87. The normalized spacial score (nSPS) is 20.7. The van der Waals surface area contributed by atoms with Crippen molar-refractivity contribution in [1.29, 1.82) is 0 Å². The Kier molecular flexibility index (Phi) is 1.69. The summed E-state index contributed by atoms with van der Waals surface area (Å²) in [5, 5.41) is 0.801. The summed E-state index contributed by atoms with van der Waals surface area (Å²) in [6.07, 6.45) is 2.72. The van der Waals surface area contributed by atoms with Crippen LogP contribution in [0.1, 0.15) is 6.42 Å². The van der Waals surface area contributed by atoms with Crippen molar-refractivity contribution in [2.75, 3.05) is 11.5 Å². The van der Waals surface area contributed by atoms with E-state index in [1.54, 1.807) is 11.7 Å². The first-order chi connectivity index (χ1) is 5.29. The summed E-state index contributed by atoms with van der Waals surface area (Å²) in [7, 11) is -1.82. The Balaban J connectivity index is 2.34. The molecule has 0 radical (unpaired) electrons. The maximum atomic E-state index is 11.5. The number of nitrogens with zero attached hydrogens (tertiary/aromatic N) is 2. The van der Waals surface area contributed by atoms with Crippen LogP contribution in [0.3, 0.4) is 0 Å². The van der Waals surface area contributed by atoms with E-state index < -0.39 is 9.73 Å². The molecular formula is C6H8N2OS2. The molecule has 11 heavy (non-hydrogen) atoms. The third-order valence-electron chi connectivity index (χ3n) is 1.60. The van der Waals surface area contributed by atoms with Crippen molar-refractivity contribution in [2.45, 2.75) is 6.42 Å². The van der Waals surface area contributed by atoms with Crippen LogP contribution in [0.15, 0.2) is 16.1 Å². The fraction of sp³-hybridized carbons (Fsp3) is 0.500. The van der Waals surface area contributed by atoms with Crippen LogP contribution >= 0.6 is 11.3 Å². The van der Waals surface area contributed by atoms with E-state index in [-0.39, 0.29) is 0 Å². The lowest BCUT2D eigenvalue weighted by molar-refractivity contribution is 0.663. The molecule has 0 amide bonds. The molecule has 3 nitrogen and oxygen atoms in total. The lowest BCUT2D eigenvalue weighted by Gasteiger charge is -2.16. The van der Waals surface area contributed by atoms with Crippen LogP contribution in [0, 0.1) is 0 Å². The highest BCUT2D eigenvalue weighted by atomic mass is 32.2. The van der Waals surface area contributed by atoms with Gasteiger partial charge in [-0.2, -0.15) is 4.36 Å². The minimum absolute atomic E-state index is 0.769. The van der Waals surface area contributed by atoms with Crippen molar-refractivity contribution in [3.63, 3.8) is 0 Å². The van der Waals surface area contributed by atoms with Gasteiger partial charge in [0.05, 0.1) is 21.4 Å². The Bertz CT molecular complexity index is 339. The Morgan fingerprint density at radius 2 is 2.45 bits per heavy atom. The van der Waals surface area contributed by atoms with Gasteiger partial charge in [0, 0.05) is 11.5 Å². The predicted octanol–water partition coefficient (Wildman–Crippen LogP) is 1.65. The van der Waals surface area contributed by atoms with Crippen LogP contribution in [0.2, 0.25) is 0 Å². The van der Waals surface area contributed by atoms with Gasteiger partial charge >= 0.3 is 0 Å². The standard InChI is InChI=1S/C6H8N2OS2/c9-11(2-1-3-11)8-6-4-7-5-10-6/h4-5H,1-3H2. The predicted molar refractivity (Wildman–Crippen MR) is 46.7 cm³/mol. The Morgan fingerprint density at radius 3 is 2.91 bits per heavy atom. The summed E-state index contributed by atoms with van der Waals surface area (Å²) < 4.78 is 15.7. The van der Waals surface area contributed by atoms with Crippen LogP contribution in [-0.2, 0) is 9.73 Å². The number of hydrogen-bond acceptors (Lipinski definition) is 4. The van der Waals surface area contributed by atoms with E-state index in [0.717, 1.165) is 22.9 Å². The second kappa shape index (κ2) is 2.57. The fourth-order valence-corrected chi connectivity index (χ4v) is 3.17. The topological polar surface area (TPSA) is 42.3 Å². The summed E-state index contributed by atoms with van der Waals surface area (Å²) in [6.45, 7) is 0. The van der Waals surface area contributed by atoms with Crippen molar-refractivity contribution >= 4 is 26.1 Å². The van der Waals surface area contributed by atoms with Crippen LogP contribution in [0.25, 0.3) is 0 Å². The van der Waals surface area contributed by atoms with Gasteiger partial charge < -0.3 is 0 Å². The van der Waals surface area contributed by atoms with Gasteiger partial charge in [0.2, 0.25) is 0 Å². The van der Waals surface area contributed by atoms with Crippen molar-refractivity contribution in [3.05, 3.63) is 11.7 Å². The van der Waals surface area contributed by atoms with Gasteiger partial charge in [-0.05, 0) is 6.42 Å². The third-order valence-corrected chi connectivity index (χ3v) is 4.77. The van der Waals surface area contributed by atoms with Gasteiger partial charge in [-0.25, -0.2) is 4.21 Å². The van der Waals surface area contributed by atoms with Gasteiger partial charge in [-0.1, -0.05) is 0 Å². The average Bonchev–Trinajstić information content (AvgIpc) is 2.36. The van der Waals surface area contributed by atoms with E-state index in [1.165, 1.54) is 11.3 Å². The van der Waals surface area contributed by atoms with Crippen molar-refractivity contribution in [1.82, 2.24) is 4.98 Å². The van der Waals surface area contributed by atoms with E-state index in [9.17, 15) is 4.21 Å². The molecule has 0 atom stereocenters. The highest BCUT2D eigenvalue weighted by Gasteiger charge is 2.19. The minimum Gasteiger partial charge on any atom is -0.251 e. The van der Waals surface area contributed by atoms with Crippen LogP contribution in [0.4, 0.5) is 5.00 Å². The fourth-order valence-electron chi connectivity index (χ4n) is 0.901. The maximum Gasteiger partial charge on any atom is 0.145 e. The highest BCUT2D eigenvalue weighted by molar-refractivity contribution is 7.95. The molecule has 0 aromatic carbocycles. The van der Waals surface area contributed by atoms with E-state index >= 15 is 0 Å². The molecular weight excluding hydrogens is 180 g/mol. The molecule has 0 spiro atoms. The molecule has 2 rings (SSSR count). The van der Waals surface area contributed by atoms with Gasteiger partial charge in [0.1, 0.15) is 5.00 Å². The van der Waals surface area contributed by atoms with Gasteiger partial charge in [0.15, 0.2) is 0 Å². The maximum absolute atomic E-state index is 11.5. The molecule has 0 saturated carbocycles. The summed E-state index contributed by atoms with van der Waals surface area (Å²) in [5.41, 5.74) is 1.71. The molecule has 1 aliphatic heterocycles. The highest BCUT2D eigenvalue weighted by Crippen LogP contribution is 2.23. The molecule has 60 valence electrons. The molecule has 0 unspecified atom stereocenters. The van der Waals surface area contributed by atoms with E-state index in [4.69, 9.17) is 0 Å². The molecule has 1 aliphatic rings. The summed E-state index contributed by atoms with van der Waals surface area (Å²) in [5.74, 6) is 1.54. The zero-order valence-corrected chi connectivity index (χ0v) is 7.53. The number of thiazole rings is 1. The molecule has 0 bridgehead atoms. The molecule has 1 fully saturated rings. The Labute approximate surface area is 69.7 Å². The summed E-state index contributed by atoms with van der Waals surface area (Å²) in [6, 6.07) is 0. The first-order valence-corrected chi connectivity index (χ1v) is 6.13. The molecule has 0 aliphatic carbocycles. The van der Waals surface area contributed by atoms with Crippen LogP contribution in [0.5, 0.6) is 0 Å². The minimum atomic E-state index is -1.82. The Hall–Kier alpha value is -0.420. The van der Waals surface area contributed by atoms with Crippen molar-refractivity contribution in [2.24, 2.45) is 4.36 Å². The lowest BCUT2D eigenvalue weighted by Crippen LogP contribution is -2.22. The van der Waals surface area contributed by atoms with E-state index in [0.29, 0.717) is 0 Å². The van der Waals surface area contributed by atoms with E-state index in [1.807, 2.05) is 0 Å². The first kappa shape index (κ1) is 7.24. The molecule has 2 heterocycles. The van der Waals surface area contributed by atoms with Crippen LogP contribution < -0.4 is 0 Å². The van der Waals surface area contributed by atoms with Crippen LogP contribution in [-0.4, -0.2) is 20.7 Å². The Morgan fingerprint density at radius 1 is 1.64 bits per heavy atom. The number of aromatic nitrogens is 1. The smallest absolute Gasteiger partial charge is 0.145 e. The lowest BCUT2D eigenvalue weighted by atomic mass is 10.5. The first-order valence-electron chi connectivity index (χ1n) is 3.40. The van der Waals surface area contributed by atoms with Gasteiger partial charge in [-0.3, -0.25) is 4.98 Å². The number of hydrogen-bond donors (Lipinski definition) is 0. The molecule has 1 aromatic heterocycles. The van der Waals surface area contributed by atoms with Crippen molar-refractivity contribution in [3.8, 4) is 0 Å². The largest absolute Gasteiger partial charge is 0.251 e. The molecule has 1 aromatic rings. The summed E-state index contributed by atoms with van der Waals surface area (Å²) >= 11 is 1.44. The summed E-state index contributed by atoms with van der Waals surface area (Å²) in [4.78, 5) is 3.86. The average molecular weight is 188 g/mol. The number of rotatable bonds is 1. The third kappa shape index (κ3) is 1.44.